The molecule has 1 aliphatic rings. The van der Waals surface area contributed by atoms with Crippen LogP contribution in [0.25, 0.3) is 0 Å². The maximum Gasteiger partial charge on any atom is 0.254 e. The third kappa shape index (κ3) is 4.79. The summed E-state index contributed by atoms with van der Waals surface area (Å²) in [6, 6.07) is 14.5. The van der Waals surface area contributed by atoms with Gasteiger partial charge >= 0.3 is 0 Å². The monoisotopic (exact) mass is 432 g/mol. The topological polar surface area (TPSA) is 58.6 Å². The number of nitrogens with zero attached hydrogens (tertiary/aromatic N) is 4. The smallest absolute Gasteiger partial charge is 0.254 e. The molecule has 1 aliphatic heterocycles. The molecule has 0 N–H and O–H groups in total. The molecule has 0 saturated carbocycles. The van der Waals surface area contributed by atoms with Gasteiger partial charge in [-0.15, -0.1) is 0 Å². The maximum atomic E-state index is 13.1. The van der Waals surface area contributed by atoms with Crippen molar-refractivity contribution in [2.45, 2.75) is 0 Å². The minimum atomic E-state index is -0.0305. The van der Waals surface area contributed by atoms with Crippen LogP contribution in [0.4, 0.5) is 5.95 Å². The molecule has 1 fully saturated rings. The molecule has 6 nitrogen and oxygen atoms in total. The average Bonchev–Trinajstić information content (AvgIpc) is 2.83. The molecule has 2 aromatic carbocycles. The van der Waals surface area contributed by atoms with Gasteiger partial charge in [-0.3, -0.25) is 4.79 Å². The van der Waals surface area contributed by atoms with Crippen LogP contribution < -0.4 is 9.64 Å². The molecule has 0 bridgehead atoms. The SMILES string of the molecule is COc1ccc(C(=O)N2CCN(c3ncccn3)CC2)cc1C#Cc1ccccc1Cl. The predicted molar refractivity (Wildman–Crippen MR) is 121 cm³/mol. The fourth-order valence-electron chi connectivity index (χ4n) is 3.38. The number of ether oxygens (including phenoxy) is 1. The van der Waals surface area contributed by atoms with Gasteiger partial charge in [-0.2, -0.15) is 0 Å². The van der Waals surface area contributed by atoms with Crippen LogP contribution in [0.2, 0.25) is 5.02 Å². The molecule has 0 atom stereocenters. The zero-order chi connectivity index (χ0) is 21.6. The summed E-state index contributed by atoms with van der Waals surface area (Å²) in [4.78, 5) is 25.6. The Balaban J connectivity index is 1.51. The Morgan fingerprint density at radius 2 is 1.68 bits per heavy atom. The van der Waals surface area contributed by atoms with Gasteiger partial charge in [0.1, 0.15) is 5.75 Å². The number of amides is 1. The zero-order valence-electron chi connectivity index (χ0n) is 17.1. The molecule has 31 heavy (non-hydrogen) atoms. The fourth-order valence-corrected chi connectivity index (χ4v) is 3.57. The summed E-state index contributed by atoms with van der Waals surface area (Å²) in [5.74, 6) is 7.43. The molecule has 7 heteroatoms. The van der Waals surface area contributed by atoms with Crippen molar-refractivity contribution in [3.05, 3.63) is 82.6 Å². The second-order valence-electron chi connectivity index (χ2n) is 6.97. The minimum Gasteiger partial charge on any atom is -0.495 e. The Kier molecular flexibility index (Phi) is 6.34. The molecular weight excluding hydrogens is 412 g/mol. The second kappa shape index (κ2) is 9.50. The molecule has 1 aromatic heterocycles. The number of piperazine rings is 1. The molecule has 156 valence electrons. The largest absolute Gasteiger partial charge is 0.495 e. The first-order valence-corrected chi connectivity index (χ1v) is 10.3. The summed E-state index contributed by atoms with van der Waals surface area (Å²) in [6.07, 6.45) is 3.45. The molecule has 0 aliphatic carbocycles. The second-order valence-corrected chi connectivity index (χ2v) is 7.38. The van der Waals surface area contributed by atoms with Crippen molar-refractivity contribution in [3.63, 3.8) is 0 Å². The van der Waals surface area contributed by atoms with Crippen molar-refractivity contribution in [2.24, 2.45) is 0 Å². The van der Waals surface area contributed by atoms with E-state index in [1.165, 1.54) is 0 Å². The van der Waals surface area contributed by atoms with Crippen molar-refractivity contribution >= 4 is 23.5 Å². The van der Waals surface area contributed by atoms with Gasteiger partial charge in [-0.05, 0) is 36.4 Å². The van der Waals surface area contributed by atoms with Crippen molar-refractivity contribution in [3.8, 4) is 17.6 Å². The lowest BCUT2D eigenvalue weighted by Crippen LogP contribution is -2.49. The van der Waals surface area contributed by atoms with E-state index in [0.717, 1.165) is 5.56 Å². The van der Waals surface area contributed by atoms with Crippen molar-refractivity contribution < 1.29 is 9.53 Å². The fraction of sp³-hybridized carbons (Fsp3) is 0.208. The van der Waals surface area contributed by atoms with E-state index in [2.05, 4.69) is 26.7 Å². The van der Waals surface area contributed by atoms with E-state index in [-0.39, 0.29) is 5.91 Å². The van der Waals surface area contributed by atoms with Gasteiger partial charge < -0.3 is 14.5 Å². The van der Waals surface area contributed by atoms with Gasteiger partial charge in [0, 0.05) is 49.7 Å². The number of hydrogen-bond donors (Lipinski definition) is 0. The van der Waals surface area contributed by atoms with Crippen LogP contribution in [0.15, 0.2) is 60.9 Å². The van der Waals surface area contributed by atoms with Gasteiger partial charge in [0.05, 0.1) is 17.7 Å². The van der Waals surface area contributed by atoms with E-state index >= 15 is 0 Å². The van der Waals surface area contributed by atoms with Gasteiger partial charge in [0.25, 0.3) is 5.91 Å². The predicted octanol–water partition coefficient (Wildman–Crippen LogP) is 3.50. The Labute approximate surface area is 186 Å². The first-order valence-electron chi connectivity index (χ1n) is 9.91. The molecule has 0 unspecified atom stereocenters. The van der Waals surface area contributed by atoms with E-state index in [1.54, 1.807) is 49.8 Å². The molecule has 2 heterocycles. The van der Waals surface area contributed by atoms with Crippen molar-refractivity contribution in [1.29, 1.82) is 0 Å². The summed E-state index contributed by atoms with van der Waals surface area (Å²) in [5.41, 5.74) is 1.94. The molecule has 0 spiro atoms. The summed E-state index contributed by atoms with van der Waals surface area (Å²) in [7, 11) is 1.59. The Bertz CT molecular complexity index is 1130. The first kappa shape index (κ1) is 20.7. The van der Waals surface area contributed by atoms with Gasteiger partial charge in [0.2, 0.25) is 5.95 Å². The Hall–Kier alpha value is -3.56. The Morgan fingerprint density at radius 3 is 2.39 bits per heavy atom. The maximum absolute atomic E-state index is 13.1. The normalized spacial score (nSPS) is 13.4. The van der Waals surface area contributed by atoms with Crippen LogP contribution in [0.3, 0.4) is 0 Å². The van der Waals surface area contributed by atoms with Gasteiger partial charge in [-0.25, -0.2) is 9.97 Å². The van der Waals surface area contributed by atoms with E-state index < -0.39 is 0 Å². The van der Waals surface area contributed by atoms with Crippen molar-refractivity contribution in [1.82, 2.24) is 14.9 Å². The highest BCUT2D eigenvalue weighted by Crippen LogP contribution is 2.22. The summed E-state index contributed by atoms with van der Waals surface area (Å²) in [6.45, 7) is 2.57. The molecule has 1 saturated heterocycles. The van der Waals surface area contributed by atoms with Crippen LogP contribution in [-0.4, -0.2) is 54.1 Å². The molecule has 3 aromatic rings. The highest BCUT2D eigenvalue weighted by atomic mass is 35.5. The highest BCUT2D eigenvalue weighted by molar-refractivity contribution is 6.31. The lowest BCUT2D eigenvalue weighted by Gasteiger charge is -2.34. The standard InChI is InChI=1S/C24H21ClN4O2/c1-31-22-10-9-20(17-19(22)8-7-18-5-2-3-6-21(18)25)23(30)28-13-15-29(16-14-28)24-26-11-4-12-27-24/h2-6,9-12,17H,13-16H2,1H3. The number of aromatic nitrogens is 2. The molecule has 4 rings (SSSR count). The van der Waals surface area contributed by atoms with Crippen LogP contribution in [0, 0.1) is 11.8 Å². The van der Waals surface area contributed by atoms with Gasteiger partial charge in [0.15, 0.2) is 0 Å². The third-order valence-corrected chi connectivity index (χ3v) is 5.38. The number of hydrogen-bond acceptors (Lipinski definition) is 5. The van der Waals surface area contributed by atoms with Crippen LogP contribution in [0.5, 0.6) is 5.75 Å². The minimum absolute atomic E-state index is 0.0305. The quantitative estimate of drug-likeness (QED) is 0.593. The number of carbonyl (C=O) groups is 1. The number of anilines is 1. The van der Waals surface area contributed by atoms with Crippen LogP contribution in [-0.2, 0) is 0 Å². The summed E-state index contributed by atoms with van der Waals surface area (Å²) >= 11 is 6.20. The van der Waals surface area contributed by atoms with E-state index in [0.29, 0.717) is 54.0 Å². The number of rotatable bonds is 3. The van der Waals surface area contributed by atoms with Crippen LogP contribution in [0.1, 0.15) is 21.5 Å². The number of carbonyl (C=O) groups excluding carboxylic acids is 1. The van der Waals surface area contributed by atoms with Gasteiger partial charge in [-0.1, -0.05) is 35.6 Å². The van der Waals surface area contributed by atoms with E-state index in [9.17, 15) is 4.79 Å². The van der Waals surface area contributed by atoms with Crippen LogP contribution >= 0.6 is 11.6 Å². The summed E-state index contributed by atoms with van der Waals surface area (Å²) in [5, 5.41) is 0.585. The average molecular weight is 433 g/mol. The van der Waals surface area contributed by atoms with Crippen molar-refractivity contribution in [2.75, 3.05) is 38.2 Å². The Morgan fingerprint density at radius 1 is 0.968 bits per heavy atom. The third-order valence-electron chi connectivity index (χ3n) is 5.05. The zero-order valence-corrected chi connectivity index (χ0v) is 17.8. The molecular formula is C24H21ClN4O2. The lowest BCUT2D eigenvalue weighted by molar-refractivity contribution is 0.0746. The molecule has 1 amide bonds. The summed E-state index contributed by atoms with van der Waals surface area (Å²) < 4.78 is 5.43. The van der Waals surface area contributed by atoms with E-state index in [1.807, 2.05) is 23.1 Å². The highest BCUT2D eigenvalue weighted by Gasteiger charge is 2.23. The number of benzene rings is 2. The first-order chi connectivity index (χ1) is 15.2. The lowest BCUT2D eigenvalue weighted by atomic mass is 10.1. The molecule has 0 radical (unpaired) electrons. The number of methoxy groups -OCH3 is 1. The van der Waals surface area contributed by atoms with E-state index in [4.69, 9.17) is 16.3 Å². The number of halogens is 1.